The molecule has 0 bridgehead atoms. The van der Waals surface area contributed by atoms with Crippen molar-refractivity contribution in [2.45, 2.75) is 43.0 Å². The van der Waals surface area contributed by atoms with Crippen LogP contribution in [0.15, 0.2) is 17.0 Å². The van der Waals surface area contributed by atoms with Gasteiger partial charge in [-0.2, -0.15) is 0 Å². The van der Waals surface area contributed by atoms with Crippen molar-refractivity contribution in [3.05, 3.63) is 23.8 Å². The zero-order valence-electron chi connectivity index (χ0n) is 10.5. The molecule has 2 rings (SSSR count). The summed E-state index contributed by atoms with van der Waals surface area (Å²) in [7, 11) is -4.04. The lowest BCUT2D eigenvalue weighted by atomic mass is 10.0. The van der Waals surface area contributed by atoms with E-state index in [1.165, 1.54) is 0 Å². The molecule has 0 saturated heterocycles. The zero-order valence-corrected chi connectivity index (χ0v) is 11.4. The first kappa shape index (κ1) is 14.2. The van der Waals surface area contributed by atoms with E-state index in [-0.39, 0.29) is 0 Å². The molecule has 4 nitrogen and oxygen atoms in total. The van der Waals surface area contributed by atoms with Gasteiger partial charge in [-0.3, -0.25) is 0 Å². The molecule has 0 aromatic heterocycles. The van der Waals surface area contributed by atoms with Crippen LogP contribution >= 0.6 is 0 Å². The van der Waals surface area contributed by atoms with Gasteiger partial charge in [-0.1, -0.05) is 12.8 Å². The fourth-order valence-corrected chi connectivity index (χ4v) is 3.95. The van der Waals surface area contributed by atoms with E-state index in [0.29, 0.717) is 18.9 Å². The van der Waals surface area contributed by atoms with Crippen molar-refractivity contribution in [1.82, 2.24) is 4.72 Å². The van der Waals surface area contributed by atoms with Gasteiger partial charge in [0.25, 0.3) is 0 Å². The molecule has 106 valence electrons. The number of benzene rings is 1. The third-order valence-corrected chi connectivity index (χ3v) is 5.08. The maximum absolute atomic E-state index is 13.6. The molecule has 0 unspecified atom stereocenters. The second-order valence-corrected chi connectivity index (χ2v) is 6.83. The van der Waals surface area contributed by atoms with Crippen molar-refractivity contribution in [3.63, 3.8) is 0 Å². The van der Waals surface area contributed by atoms with Crippen molar-refractivity contribution in [1.29, 1.82) is 0 Å². The van der Waals surface area contributed by atoms with Gasteiger partial charge in [0, 0.05) is 11.6 Å². The van der Waals surface area contributed by atoms with Gasteiger partial charge in [0.2, 0.25) is 10.0 Å². The third kappa shape index (κ3) is 2.87. The Morgan fingerprint density at radius 2 is 1.79 bits per heavy atom. The van der Waals surface area contributed by atoms with Crippen LogP contribution in [0.3, 0.4) is 0 Å². The standard InChI is InChI=1S/C12H16F2N2O2S/c1-12(4-2-3-5-12)16-19(17,18)11-7-10(15)8(13)6-9(11)14/h6-7,16H,2-5,15H2,1H3. The number of nitrogens with two attached hydrogens (primary N) is 1. The van der Waals surface area contributed by atoms with E-state index in [9.17, 15) is 17.2 Å². The topological polar surface area (TPSA) is 72.2 Å². The average Bonchev–Trinajstić information content (AvgIpc) is 2.68. The molecule has 1 aromatic rings. The highest BCUT2D eigenvalue weighted by Gasteiger charge is 2.34. The molecule has 0 radical (unpaired) electrons. The van der Waals surface area contributed by atoms with Gasteiger partial charge >= 0.3 is 0 Å². The summed E-state index contributed by atoms with van der Waals surface area (Å²) in [6, 6.07) is 1.30. The van der Waals surface area contributed by atoms with Gasteiger partial charge in [0.05, 0.1) is 5.69 Å². The maximum atomic E-state index is 13.6. The van der Waals surface area contributed by atoms with E-state index in [0.717, 1.165) is 18.9 Å². The normalized spacial score (nSPS) is 18.7. The molecule has 1 aliphatic rings. The van der Waals surface area contributed by atoms with Crippen LogP contribution in [-0.2, 0) is 10.0 Å². The van der Waals surface area contributed by atoms with Gasteiger partial charge in [-0.15, -0.1) is 0 Å². The van der Waals surface area contributed by atoms with Gasteiger partial charge < -0.3 is 5.73 Å². The summed E-state index contributed by atoms with van der Waals surface area (Å²) < 4.78 is 53.4. The van der Waals surface area contributed by atoms with Crippen LogP contribution in [0.5, 0.6) is 0 Å². The summed E-state index contributed by atoms with van der Waals surface area (Å²) in [6.07, 6.45) is 3.25. The van der Waals surface area contributed by atoms with Crippen LogP contribution in [0.2, 0.25) is 0 Å². The summed E-state index contributed by atoms with van der Waals surface area (Å²) >= 11 is 0. The lowest BCUT2D eigenvalue weighted by Crippen LogP contribution is -2.43. The van der Waals surface area contributed by atoms with Crippen LogP contribution in [0.4, 0.5) is 14.5 Å². The molecule has 1 aliphatic carbocycles. The number of hydrogen-bond acceptors (Lipinski definition) is 3. The average molecular weight is 290 g/mol. The number of halogens is 2. The Morgan fingerprint density at radius 1 is 1.21 bits per heavy atom. The number of hydrogen-bond donors (Lipinski definition) is 2. The molecule has 0 atom stereocenters. The highest BCUT2D eigenvalue weighted by atomic mass is 32.2. The van der Waals surface area contributed by atoms with Crippen LogP contribution in [0.25, 0.3) is 0 Å². The Morgan fingerprint density at radius 3 is 2.37 bits per heavy atom. The van der Waals surface area contributed by atoms with Gasteiger partial charge in [-0.25, -0.2) is 21.9 Å². The van der Waals surface area contributed by atoms with Crippen molar-refractivity contribution < 1.29 is 17.2 Å². The van der Waals surface area contributed by atoms with Crippen LogP contribution in [0.1, 0.15) is 32.6 Å². The lowest BCUT2D eigenvalue weighted by Gasteiger charge is -2.25. The molecule has 1 aromatic carbocycles. The second kappa shape index (κ2) is 4.72. The Hall–Kier alpha value is -1.21. The predicted octanol–water partition coefficient (Wildman–Crippen LogP) is 2.16. The van der Waals surface area contributed by atoms with E-state index >= 15 is 0 Å². The summed E-state index contributed by atoms with van der Waals surface area (Å²) in [5.74, 6) is -2.11. The molecule has 0 spiro atoms. The minimum absolute atomic E-state index is 0.390. The minimum Gasteiger partial charge on any atom is -0.396 e. The lowest BCUT2D eigenvalue weighted by molar-refractivity contribution is 0.425. The van der Waals surface area contributed by atoms with Gasteiger partial charge in [0.1, 0.15) is 16.5 Å². The maximum Gasteiger partial charge on any atom is 0.244 e. The van der Waals surface area contributed by atoms with Crippen molar-refractivity contribution in [2.24, 2.45) is 0 Å². The fourth-order valence-electron chi connectivity index (χ4n) is 2.39. The first-order valence-electron chi connectivity index (χ1n) is 6.02. The molecule has 1 saturated carbocycles. The largest absolute Gasteiger partial charge is 0.396 e. The number of rotatable bonds is 3. The Bertz CT molecular complexity index is 596. The Balaban J connectivity index is 2.37. The first-order valence-corrected chi connectivity index (χ1v) is 7.50. The van der Waals surface area contributed by atoms with E-state index in [1.807, 2.05) is 0 Å². The first-order chi connectivity index (χ1) is 8.73. The minimum atomic E-state index is -4.04. The summed E-state index contributed by atoms with van der Waals surface area (Å²) in [4.78, 5) is -0.612. The van der Waals surface area contributed by atoms with E-state index in [1.54, 1.807) is 6.92 Å². The number of sulfonamides is 1. The summed E-state index contributed by atoms with van der Waals surface area (Å²) in [6.45, 7) is 1.78. The molecule has 7 heteroatoms. The zero-order chi connectivity index (χ0) is 14.3. The predicted molar refractivity (Wildman–Crippen MR) is 68.0 cm³/mol. The van der Waals surface area contributed by atoms with E-state index < -0.39 is 37.8 Å². The van der Waals surface area contributed by atoms with Crippen LogP contribution in [-0.4, -0.2) is 14.0 Å². The number of nitrogen functional groups attached to an aromatic ring is 1. The van der Waals surface area contributed by atoms with E-state index in [2.05, 4.69) is 4.72 Å². The van der Waals surface area contributed by atoms with Gasteiger partial charge in [0.15, 0.2) is 0 Å². The Labute approximate surface area is 111 Å². The molecule has 3 N–H and O–H groups in total. The van der Waals surface area contributed by atoms with Crippen molar-refractivity contribution in [2.75, 3.05) is 5.73 Å². The number of nitrogens with one attached hydrogen (secondary N) is 1. The highest BCUT2D eigenvalue weighted by Crippen LogP contribution is 2.31. The molecule has 1 fully saturated rings. The molecular weight excluding hydrogens is 274 g/mol. The highest BCUT2D eigenvalue weighted by molar-refractivity contribution is 7.89. The number of anilines is 1. The molecule has 0 aliphatic heterocycles. The SMILES string of the molecule is CC1(NS(=O)(=O)c2cc(N)c(F)cc2F)CCCC1. The van der Waals surface area contributed by atoms with Crippen LogP contribution < -0.4 is 10.5 Å². The molecule has 0 amide bonds. The summed E-state index contributed by atoms with van der Waals surface area (Å²) in [5.41, 5.74) is 4.33. The fraction of sp³-hybridized carbons (Fsp3) is 0.500. The smallest absolute Gasteiger partial charge is 0.244 e. The quantitative estimate of drug-likeness (QED) is 0.838. The van der Waals surface area contributed by atoms with Crippen molar-refractivity contribution >= 4 is 15.7 Å². The molecular formula is C12H16F2N2O2S. The molecule has 19 heavy (non-hydrogen) atoms. The Kier molecular flexibility index (Phi) is 3.53. The van der Waals surface area contributed by atoms with Gasteiger partial charge in [-0.05, 0) is 25.8 Å². The molecule has 0 heterocycles. The monoisotopic (exact) mass is 290 g/mol. The summed E-state index contributed by atoms with van der Waals surface area (Å²) in [5, 5.41) is 0. The third-order valence-electron chi connectivity index (χ3n) is 3.43. The second-order valence-electron chi connectivity index (χ2n) is 5.18. The van der Waals surface area contributed by atoms with Crippen LogP contribution in [0, 0.1) is 11.6 Å². The van der Waals surface area contributed by atoms with E-state index in [4.69, 9.17) is 5.73 Å². The van der Waals surface area contributed by atoms with Crippen molar-refractivity contribution in [3.8, 4) is 0 Å².